The minimum absolute atomic E-state index is 0.175. The summed E-state index contributed by atoms with van der Waals surface area (Å²) in [7, 11) is 1.83. The fourth-order valence-corrected chi connectivity index (χ4v) is 3.53. The van der Waals surface area contributed by atoms with E-state index >= 15 is 0 Å². The van der Waals surface area contributed by atoms with Gasteiger partial charge in [-0.05, 0) is 23.6 Å². The molecule has 3 aromatic rings. The van der Waals surface area contributed by atoms with Crippen LogP contribution in [0.1, 0.15) is 11.4 Å². The normalized spacial score (nSPS) is 10.3. The summed E-state index contributed by atoms with van der Waals surface area (Å²) in [4.78, 5) is 12.1. The number of rotatable bonds is 7. The van der Waals surface area contributed by atoms with Crippen LogP contribution in [0.5, 0.6) is 5.75 Å². The number of nitriles is 1. The summed E-state index contributed by atoms with van der Waals surface area (Å²) < 4.78 is 7.46. The average molecular weight is 385 g/mol. The molecule has 1 N–H and O–H groups in total. The Labute approximate surface area is 158 Å². The molecule has 7 nitrogen and oxygen atoms in total. The molecule has 0 saturated carbocycles. The first-order valence-corrected chi connectivity index (χ1v) is 9.50. The molecule has 0 aliphatic carbocycles. The first kappa shape index (κ1) is 18.0. The largest absolute Gasteiger partial charge is 0.486 e. The number of nitrogens with zero attached hydrogens (tertiary/aromatic N) is 4. The second-order valence-electron chi connectivity index (χ2n) is 5.17. The number of benzene rings is 1. The Kier molecular flexibility index (Phi) is 5.88. The lowest BCUT2D eigenvalue weighted by Gasteiger charge is -2.06. The molecule has 9 heteroatoms. The van der Waals surface area contributed by atoms with Gasteiger partial charge in [-0.25, -0.2) is 0 Å². The molecule has 0 aliphatic heterocycles. The van der Waals surface area contributed by atoms with Gasteiger partial charge >= 0.3 is 0 Å². The van der Waals surface area contributed by atoms with Crippen molar-refractivity contribution in [3.05, 3.63) is 53.2 Å². The summed E-state index contributed by atoms with van der Waals surface area (Å²) in [5.41, 5.74) is 0.465. The molecular weight excluding hydrogens is 370 g/mol. The third kappa shape index (κ3) is 4.41. The summed E-state index contributed by atoms with van der Waals surface area (Å²) in [6.07, 6.45) is 0. The van der Waals surface area contributed by atoms with Crippen LogP contribution in [0.15, 0.2) is 46.9 Å². The molecule has 0 fully saturated rings. The van der Waals surface area contributed by atoms with E-state index in [1.54, 1.807) is 16.0 Å². The number of thioether (sulfide) groups is 1. The van der Waals surface area contributed by atoms with E-state index in [9.17, 15) is 4.79 Å². The molecule has 0 bridgehead atoms. The Balaban J connectivity index is 1.53. The highest BCUT2D eigenvalue weighted by Gasteiger charge is 2.13. The van der Waals surface area contributed by atoms with Gasteiger partial charge in [0.15, 0.2) is 11.0 Å². The highest BCUT2D eigenvalue weighted by molar-refractivity contribution is 7.99. The maximum absolute atomic E-state index is 12.1. The highest BCUT2D eigenvalue weighted by Crippen LogP contribution is 2.23. The van der Waals surface area contributed by atoms with E-state index < -0.39 is 0 Å². The van der Waals surface area contributed by atoms with Crippen molar-refractivity contribution in [2.24, 2.45) is 7.05 Å². The van der Waals surface area contributed by atoms with Crippen LogP contribution in [0, 0.1) is 11.3 Å². The number of ether oxygens (including phenoxy) is 1. The minimum Gasteiger partial charge on any atom is -0.486 e. The Morgan fingerprint density at radius 3 is 2.92 bits per heavy atom. The Bertz CT molecular complexity index is 930. The summed E-state index contributed by atoms with van der Waals surface area (Å²) in [5.74, 6) is 1.41. The molecule has 0 atom stereocenters. The Morgan fingerprint density at radius 2 is 2.15 bits per heavy atom. The van der Waals surface area contributed by atoms with Crippen molar-refractivity contribution in [1.29, 1.82) is 5.26 Å². The van der Waals surface area contributed by atoms with E-state index in [1.807, 2.05) is 43.4 Å². The van der Waals surface area contributed by atoms with Crippen LogP contribution in [0.2, 0.25) is 0 Å². The molecule has 2 heterocycles. The van der Waals surface area contributed by atoms with Crippen LogP contribution in [0.4, 0.5) is 5.00 Å². The van der Waals surface area contributed by atoms with Gasteiger partial charge in [0.2, 0.25) is 5.91 Å². The van der Waals surface area contributed by atoms with Crippen molar-refractivity contribution >= 4 is 34.0 Å². The molecule has 0 aliphatic rings. The first-order valence-electron chi connectivity index (χ1n) is 7.63. The zero-order valence-corrected chi connectivity index (χ0v) is 15.5. The maximum atomic E-state index is 12.1. The molecule has 2 aromatic heterocycles. The zero-order valence-electron chi connectivity index (χ0n) is 13.9. The van der Waals surface area contributed by atoms with Crippen LogP contribution in [-0.4, -0.2) is 26.4 Å². The van der Waals surface area contributed by atoms with Crippen LogP contribution in [0.25, 0.3) is 0 Å². The van der Waals surface area contributed by atoms with Crippen LogP contribution in [-0.2, 0) is 18.4 Å². The Hall–Kier alpha value is -2.83. The molecule has 1 aromatic carbocycles. The fraction of sp³-hybridized carbons (Fsp3) is 0.176. The van der Waals surface area contributed by atoms with E-state index in [1.165, 1.54) is 23.1 Å². The summed E-state index contributed by atoms with van der Waals surface area (Å²) in [6, 6.07) is 13.2. The van der Waals surface area contributed by atoms with Gasteiger partial charge in [-0.3, -0.25) is 4.79 Å². The van der Waals surface area contributed by atoms with Gasteiger partial charge in [0.05, 0.1) is 11.3 Å². The number of thiophene rings is 1. The van der Waals surface area contributed by atoms with E-state index in [2.05, 4.69) is 15.5 Å². The van der Waals surface area contributed by atoms with Crippen molar-refractivity contribution < 1.29 is 9.53 Å². The maximum Gasteiger partial charge on any atom is 0.235 e. The Morgan fingerprint density at radius 1 is 1.35 bits per heavy atom. The first-order chi connectivity index (χ1) is 12.7. The lowest BCUT2D eigenvalue weighted by molar-refractivity contribution is -0.113. The molecule has 0 spiro atoms. The number of amides is 1. The lowest BCUT2D eigenvalue weighted by Crippen LogP contribution is -2.14. The van der Waals surface area contributed by atoms with Gasteiger partial charge in [0.1, 0.15) is 23.4 Å². The number of hydrogen-bond donors (Lipinski definition) is 1. The second-order valence-corrected chi connectivity index (χ2v) is 7.03. The molecule has 0 radical (unpaired) electrons. The number of carbonyl (C=O) groups is 1. The van der Waals surface area contributed by atoms with E-state index in [-0.39, 0.29) is 11.7 Å². The third-order valence-corrected chi connectivity index (χ3v) is 5.26. The average Bonchev–Trinajstić information content (AvgIpc) is 3.25. The SMILES string of the molecule is Cn1c(COc2ccccc2)nnc1SCC(=O)Nc1sccc1C#N. The quantitative estimate of drug-likeness (QED) is 0.628. The van der Waals surface area contributed by atoms with Crippen LogP contribution < -0.4 is 10.1 Å². The predicted octanol–water partition coefficient (Wildman–Crippen LogP) is 3.06. The van der Waals surface area contributed by atoms with Crippen molar-refractivity contribution in [2.45, 2.75) is 11.8 Å². The molecule has 0 unspecified atom stereocenters. The molecule has 26 heavy (non-hydrogen) atoms. The minimum atomic E-state index is -0.195. The van der Waals surface area contributed by atoms with E-state index in [0.717, 1.165) is 5.75 Å². The number of anilines is 1. The molecule has 3 rings (SSSR count). The molecular formula is C17H15N5O2S2. The van der Waals surface area contributed by atoms with Gasteiger partial charge in [0.25, 0.3) is 0 Å². The zero-order chi connectivity index (χ0) is 18.4. The van der Waals surface area contributed by atoms with Crippen molar-refractivity contribution in [2.75, 3.05) is 11.1 Å². The van der Waals surface area contributed by atoms with Crippen molar-refractivity contribution in [1.82, 2.24) is 14.8 Å². The van der Waals surface area contributed by atoms with Gasteiger partial charge in [-0.1, -0.05) is 30.0 Å². The topological polar surface area (TPSA) is 92.8 Å². The standard InChI is InChI=1S/C17H15N5O2S2/c1-22-14(10-24-13-5-3-2-4-6-13)20-21-17(22)26-11-15(23)19-16-12(9-18)7-8-25-16/h2-8H,10-11H2,1H3,(H,19,23). The van der Waals surface area contributed by atoms with Crippen LogP contribution >= 0.6 is 23.1 Å². The molecule has 0 saturated heterocycles. The smallest absolute Gasteiger partial charge is 0.235 e. The number of hydrogen-bond acceptors (Lipinski definition) is 7. The van der Waals surface area contributed by atoms with Crippen molar-refractivity contribution in [3.63, 3.8) is 0 Å². The summed E-state index contributed by atoms with van der Waals surface area (Å²) in [5, 5.41) is 22.9. The van der Waals surface area contributed by atoms with E-state index in [4.69, 9.17) is 10.00 Å². The van der Waals surface area contributed by atoms with Gasteiger partial charge < -0.3 is 14.6 Å². The number of para-hydroxylation sites is 1. The lowest BCUT2D eigenvalue weighted by atomic mass is 10.3. The summed E-state index contributed by atoms with van der Waals surface area (Å²) >= 11 is 2.60. The highest BCUT2D eigenvalue weighted by atomic mass is 32.2. The third-order valence-electron chi connectivity index (χ3n) is 3.41. The van der Waals surface area contributed by atoms with Crippen molar-refractivity contribution in [3.8, 4) is 11.8 Å². The number of nitrogens with one attached hydrogen (secondary N) is 1. The number of carbonyl (C=O) groups excluding carboxylic acids is 1. The van der Waals surface area contributed by atoms with Crippen LogP contribution in [0.3, 0.4) is 0 Å². The summed E-state index contributed by atoms with van der Waals surface area (Å²) in [6.45, 7) is 0.293. The predicted molar refractivity (Wildman–Crippen MR) is 100 cm³/mol. The van der Waals surface area contributed by atoms with Gasteiger partial charge in [0, 0.05) is 7.05 Å². The van der Waals surface area contributed by atoms with Gasteiger partial charge in [-0.15, -0.1) is 21.5 Å². The second kappa shape index (κ2) is 8.51. The number of aromatic nitrogens is 3. The molecule has 1 amide bonds. The monoisotopic (exact) mass is 385 g/mol. The molecule has 132 valence electrons. The van der Waals surface area contributed by atoms with Gasteiger partial charge in [-0.2, -0.15) is 5.26 Å². The van der Waals surface area contributed by atoms with E-state index in [0.29, 0.717) is 28.2 Å². The fourth-order valence-electron chi connectivity index (χ4n) is 2.05.